The van der Waals surface area contributed by atoms with Crippen molar-refractivity contribution in [2.45, 2.75) is 6.92 Å². The van der Waals surface area contributed by atoms with Crippen molar-refractivity contribution in [3.8, 4) is 11.5 Å². The number of non-ortho nitro benzene ring substituents is 1. The number of benzene rings is 2. The second-order valence-corrected chi connectivity index (χ2v) is 6.35. The van der Waals surface area contributed by atoms with Crippen LogP contribution < -0.4 is 14.4 Å². The molecule has 1 fully saturated rings. The van der Waals surface area contributed by atoms with Crippen LogP contribution in [0.5, 0.6) is 11.5 Å². The molecule has 0 N–H and O–H groups in total. The standard InChI is InChI=1S/C20H23N3O5/c1-3-28-19-13-15(7-8-18(19)27-2)20(24)22-11-9-21(10-12-22)16-5-4-6-17(14-16)23(25)26/h4-8,13-14H,3,9-12H2,1-2H3. The highest BCUT2D eigenvalue weighted by Gasteiger charge is 2.24. The largest absolute Gasteiger partial charge is 0.493 e. The molecule has 0 aliphatic carbocycles. The third-order valence-corrected chi connectivity index (χ3v) is 4.68. The number of hydrogen-bond acceptors (Lipinski definition) is 6. The van der Waals surface area contributed by atoms with Gasteiger partial charge >= 0.3 is 0 Å². The Morgan fingerprint density at radius 3 is 2.50 bits per heavy atom. The van der Waals surface area contributed by atoms with Crippen LogP contribution in [0.2, 0.25) is 0 Å². The normalized spacial score (nSPS) is 13.9. The predicted octanol–water partition coefficient (Wildman–Crippen LogP) is 2.96. The highest BCUT2D eigenvalue weighted by molar-refractivity contribution is 5.95. The molecule has 0 unspecified atom stereocenters. The summed E-state index contributed by atoms with van der Waals surface area (Å²) in [6, 6.07) is 11.7. The summed E-state index contributed by atoms with van der Waals surface area (Å²) in [5.74, 6) is 1.07. The molecule has 3 rings (SSSR count). The van der Waals surface area contributed by atoms with Crippen LogP contribution in [-0.4, -0.2) is 55.6 Å². The van der Waals surface area contributed by atoms with E-state index in [0.29, 0.717) is 49.8 Å². The summed E-state index contributed by atoms with van der Waals surface area (Å²) in [6.07, 6.45) is 0. The summed E-state index contributed by atoms with van der Waals surface area (Å²) >= 11 is 0. The molecule has 1 amide bonds. The topological polar surface area (TPSA) is 85.2 Å². The van der Waals surface area contributed by atoms with Crippen LogP contribution in [0.15, 0.2) is 42.5 Å². The van der Waals surface area contributed by atoms with Crippen molar-refractivity contribution in [1.82, 2.24) is 4.90 Å². The number of carbonyl (C=O) groups excluding carboxylic acids is 1. The molecule has 0 radical (unpaired) electrons. The fourth-order valence-corrected chi connectivity index (χ4v) is 3.23. The summed E-state index contributed by atoms with van der Waals surface area (Å²) in [6.45, 7) is 4.66. The molecule has 1 heterocycles. The summed E-state index contributed by atoms with van der Waals surface area (Å²) < 4.78 is 10.8. The van der Waals surface area contributed by atoms with Gasteiger partial charge < -0.3 is 19.3 Å². The van der Waals surface area contributed by atoms with Crippen LogP contribution in [0.1, 0.15) is 17.3 Å². The second-order valence-electron chi connectivity index (χ2n) is 6.35. The first kappa shape index (κ1) is 19.5. The highest BCUT2D eigenvalue weighted by Crippen LogP contribution is 2.29. The van der Waals surface area contributed by atoms with Crippen molar-refractivity contribution < 1.29 is 19.2 Å². The molecule has 8 heteroatoms. The molecule has 1 saturated heterocycles. The van der Waals surface area contributed by atoms with Gasteiger partial charge in [-0.25, -0.2) is 0 Å². The number of hydrogen-bond donors (Lipinski definition) is 0. The minimum absolute atomic E-state index is 0.0673. The molecular weight excluding hydrogens is 362 g/mol. The molecule has 2 aromatic rings. The first-order valence-corrected chi connectivity index (χ1v) is 9.13. The van der Waals surface area contributed by atoms with E-state index >= 15 is 0 Å². The summed E-state index contributed by atoms with van der Waals surface area (Å²) in [5, 5.41) is 11.0. The summed E-state index contributed by atoms with van der Waals surface area (Å²) in [5.41, 5.74) is 1.41. The van der Waals surface area contributed by atoms with Crippen molar-refractivity contribution in [3.05, 3.63) is 58.1 Å². The molecule has 8 nitrogen and oxygen atoms in total. The second kappa shape index (κ2) is 8.60. The number of nitrogens with zero attached hydrogens (tertiary/aromatic N) is 3. The van der Waals surface area contributed by atoms with E-state index in [1.165, 1.54) is 6.07 Å². The van der Waals surface area contributed by atoms with Crippen LogP contribution in [-0.2, 0) is 0 Å². The lowest BCUT2D eigenvalue weighted by Gasteiger charge is -2.36. The number of amides is 1. The van der Waals surface area contributed by atoms with Gasteiger partial charge in [-0.2, -0.15) is 0 Å². The van der Waals surface area contributed by atoms with Crippen LogP contribution >= 0.6 is 0 Å². The van der Waals surface area contributed by atoms with E-state index in [4.69, 9.17) is 9.47 Å². The number of nitro benzene ring substituents is 1. The third-order valence-electron chi connectivity index (χ3n) is 4.68. The van der Waals surface area contributed by atoms with Crippen molar-refractivity contribution in [2.75, 3.05) is 44.8 Å². The molecular formula is C20H23N3O5. The third kappa shape index (κ3) is 4.16. The molecule has 0 saturated carbocycles. The fourth-order valence-electron chi connectivity index (χ4n) is 3.23. The van der Waals surface area contributed by atoms with Gasteiger partial charge in [0.15, 0.2) is 11.5 Å². The van der Waals surface area contributed by atoms with E-state index < -0.39 is 4.92 Å². The summed E-state index contributed by atoms with van der Waals surface area (Å²) in [4.78, 5) is 27.3. The lowest BCUT2D eigenvalue weighted by atomic mass is 10.1. The van der Waals surface area contributed by atoms with Gasteiger partial charge in [-0.05, 0) is 31.2 Å². The van der Waals surface area contributed by atoms with Crippen LogP contribution in [0.25, 0.3) is 0 Å². The fraction of sp³-hybridized carbons (Fsp3) is 0.350. The minimum Gasteiger partial charge on any atom is -0.493 e. The highest BCUT2D eigenvalue weighted by atomic mass is 16.6. The van der Waals surface area contributed by atoms with Crippen molar-refractivity contribution in [3.63, 3.8) is 0 Å². The predicted molar refractivity (Wildman–Crippen MR) is 105 cm³/mol. The SMILES string of the molecule is CCOc1cc(C(=O)N2CCN(c3cccc([N+](=O)[O-])c3)CC2)ccc1OC. The molecule has 0 aromatic heterocycles. The van der Waals surface area contributed by atoms with E-state index in [-0.39, 0.29) is 11.6 Å². The van der Waals surface area contributed by atoms with Crippen molar-refractivity contribution in [2.24, 2.45) is 0 Å². The minimum atomic E-state index is -0.400. The maximum atomic E-state index is 12.9. The van der Waals surface area contributed by atoms with Gasteiger partial charge in [0.25, 0.3) is 11.6 Å². The van der Waals surface area contributed by atoms with Crippen molar-refractivity contribution in [1.29, 1.82) is 0 Å². The average molecular weight is 385 g/mol. The van der Waals surface area contributed by atoms with Crippen molar-refractivity contribution >= 4 is 17.3 Å². The van der Waals surface area contributed by atoms with E-state index in [9.17, 15) is 14.9 Å². The monoisotopic (exact) mass is 385 g/mol. The zero-order valence-corrected chi connectivity index (χ0v) is 16.0. The Labute approximate surface area is 163 Å². The molecule has 2 aromatic carbocycles. The van der Waals surface area contributed by atoms with Gasteiger partial charge in [0, 0.05) is 49.6 Å². The average Bonchev–Trinajstić information content (AvgIpc) is 2.73. The lowest BCUT2D eigenvalue weighted by molar-refractivity contribution is -0.384. The van der Waals surface area contributed by atoms with E-state index in [1.807, 2.05) is 13.0 Å². The number of methoxy groups -OCH3 is 1. The quantitative estimate of drug-likeness (QED) is 0.561. The molecule has 148 valence electrons. The Kier molecular flexibility index (Phi) is 5.98. The molecule has 28 heavy (non-hydrogen) atoms. The van der Waals surface area contributed by atoms with Crippen LogP contribution in [0, 0.1) is 10.1 Å². The Morgan fingerprint density at radius 2 is 1.86 bits per heavy atom. The Bertz CT molecular complexity index is 863. The number of rotatable bonds is 6. The maximum absolute atomic E-state index is 12.9. The van der Waals surface area contributed by atoms with E-state index in [2.05, 4.69) is 4.90 Å². The van der Waals surface area contributed by atoms with Gasteiger partial charge in [0.2, 0.25) is 0 Å². The molecule has 1 aliphatic heterocycles. The summed E-state index contributed by atoms with van der Waals surface area (Å²) in [7, 11) is 1.56. The van der Waals surface area contributed by atoms with Crippen LogP contribution in [0.3, 0.4) is 0 Å². The maximum Gasteiger partial charge on any atom is 0.271 e. The Morgan fingerprint density at radius 1 is 1.11 bits per heavy atom. The zero-order valence-electron chi connectivity index (χ0n) is 16.0. The number of piperazine rings is 1. The molecule has 1 aliphatic rings. The van der Waals surface area contributed by atoms with Gasteiger partial charge in [-0.1, -0.05) is 6.07 Å². The van der Waals surface area contributed by atoms with Crippen LogP contribution in [0.4, 0.5) is 11.4 Å². The van der Waals surface area contributed by atoms with Gasteiger partial charge in [0.1, 0.15) is 0 Å². The molecule has 0 atom stereocenters. The van der Waals surface area contributed by atoms with E-state index in [0.717, 1.165) is 5.69 Å². The Hall–Kier alpha value is -3.29. The van der Waals surface area contributed by atoms with Gasteiger partial charge in [-0.3, -0.25) is 14.9 Å². The molecule has 0 spiro atoms. The van der Waals surface area contributed by atoms with Gasteiger partial charge in [0.05, 0.1) is 18.6 Å². The smallest absolute Gasteiger partial charge is 0.271 e. The number of ether oxygens (including phenoxy) is 2. The van der Waals surface area contributed by atoms with E-state index in [1.54, 1.807) is 42.3 Å². The first-order valence-electron chi connectivity index (χ1n) is 9.13. The van der Waals surface area contributed by atoms with Gasteiger partial charge in [-0.15, -0.1) is 0 Å². The lowest BCUT2D eigenvalue weighted by Crippen LogP contribution is -2.48. The number of nitro groups is 1. The molecule has 0 bridgehead atoms. The first-order chi connectivity index (χ1) is 13.5. The zero-order chi connectivity index (χ0) is 20.1. The number of carbonyl (C=O) groups is 1. The number of anilines is 1. The Balaban J connectivity index is 1.68.